The van der Waals surface area contributed by atoms with Crippen molar-refractivity contribution in [2.75, 3.05) is 19.8 Å². The van der Waals surface area contributed by atoms with E-state index in [1.54, 1.807) is 31.2 Å². The molecule has 3 rings (SSSR count). The second kappa shape index (κ2) is 23.7. The number of hydrogen-bond acceptors (Lipinski definition) is 7. The lowest BCUT2D eigenvalue weighted by atomic mass is 9.77. The molecule has 2 aromatic carbocycles. The SMILES string of the molecule is C.C=C(C)C(=O)OCCCCCC(=O)OCCCCCCOc1ccc(C(=O)Oc2ccc(C3CCC(CCCCC)CC3)cc2)cc1. The molecule has 0 radical (unpaired) electrons. The lowest BCUT2D eigenvalue weighted by Crippen LogP contribution is -2.13. The Balaban J connectivity index is 0.00000800. The summed E-state index contributed by atoms with van der Waals surface area (Å²) in [5.41, 5.74) is 2.23. The second-order valence-electron chi connectivity index (χ2n) is 12.9. The van der Waals surface area contributed by atoms with E-state index in [1.165, 1.54) is 56.9 Å². The van der Waals surface area contributed by atoms with Crippen LogP contribution in [0.2, 0.25) is 0 Å². The van der Waals surface area contributed by atoms with E-state index in [9.17, 15) is 14.4 Å². The molecule has 1 aliphatic carbocycles. The molecule has 0 bridgehead atoms. The summed E-state index contributed by atoms with van der Waals surface area (Å²) in [7, 11) is 0. The normalized spacial score (nSPS) is 15.5. The highest BCUT2D eigenvalue weighted by atomic mass is 16.5. The van der Waals surface area contributed by atoms with Gasteiger partial charge in [0, 0.05) is 12.0 Å². The summed E-state index contributed by atoms with van der Waals surface area (Å²) in [4.78, 5) is 35.9. The first-order valence-electron chi connectivity index (χ1n) is 17.9. The summed E-state index contributed by atoms with van der Waals surface area (Å²) >= 11 is 0. The average molecular weight is 665 g/mol. The van der Waals surface area contributed by atoms with E-state index in [1.807, 2.05) is 12.1 Å². The van der Waals surface area contributed by atoms with Crippen LogP contribution < -0.4 is 9.47 Å². The predicted octanol–water partition coefficient (Wildman–Crippen LogP) is 10.6. The minimum atomic E-state index is -0.376. The van der Waals surface area contributed by atoms with Crippen LogP contribution in [-0.2, 0) is 19.1 Å². The number of carbonyl (C=O) groups excluding carboxylic acids is 3. The van der Waals surface area contributed by atoms with Crippen LogP contribution >= 0.6 is 0 Å². The monoisotopic (exact) mass is 664 g/mol. The lowest BCUT2D eigenvalue weighted by molar-refractivity contribution is -0.144. The maximum Gasteiger partial charge on any atom is 0.343 e. The molecule has 0 amide bonds. The highest BCUT2D eigenvalue weighted by Crippen LogP contribution is 2.38. The van der Waals surface area contributed by atoms with Crippen molar-refractivity contribution in [1.82, 2.24) is 0 Å². The standard InChI is InChI=1S/C40H56O7.CH4/c1-4-5-9-14-32-16-18-33(19-17-32)34-20-26-37(27-21-34)47-40(43)35-22-24-36(25-23-35)44-28-11-6-7-12-29-45-38(41)15-10-8-13-30-46-39(42)31(2)3;/h20-27,32-33H,2,4-19,28-30H2,1,3H3;1H4. The molecule has 2 aromatic rings. The molecule has 0 atom stereocenters. The molecule has 0 aromatic heterocycles. The van der Waals surface area contributed by atoms with Crippen LogP contribution in [0.15, 0.2) is 60.7 Å². The third-order valence-corrected chi connectivity index (χ3v) is 8.89. The fourth-order valence-electron chi connectivity index (χ4n) is 5.97. The van der Waals surface area contributed by atoms with Crippen molar-refractivity contribution in [3.05, 3.63) is 71.8 Å². The van der Waals surface area contributed by atoms with Crippen molar-refractivity contribution in [3.8, 4) is 11.5 Å². The Labute approximate surface area is 289 Å². The van der Waals surface area contributed by atoms with Gasteiger partial charge in [0.05, 0.1) is 25.4 Å². The topological polar surface area (TPSA) is 88.1 Å². The summed E-state index contributed by atoms with van der Waals surface area (Å²) in [5, 5.41) is 0. The van der Waals surface area contributed by atoms with E-state index in [0.717, 1.165) is 50.9 Å². The van der Waals surface area contributed by atoms with Gasteiger partial charge in [-0.05, 0) is 131 Å². The number of rotatable bonds is 22. The van der Waals surface area contributed by atoms with E-state index < -0.39 is 0 Å². The highest BCUT2D eigenvalue weighted by Gasteiger charge is 2.22. The quantitative estimate of drug-likeness (QED) is 0.0535. The van der Waals surface area contributed by atoms with Crippen molar-refractivity contribution in [3.63, 3.8) is 0 Å². The second-order valence-corrected chi connectivity index (χ2v) is 12.9. The largest absolute Gasteiger partial charge is 0.494 e. The predicted molar refractivity (Wildman–Crippen MR) is 193 cm³/mol. The maximum absolute atomic E-state index is 12.7. The van der Waals surface area contributed by atoms with Gasteiger partial charge in [0.1, 0.15) is 11.5 Å². The van der Waals surface area contributed by atoms with Gasteiger partial charge in [-0.1, -0.05) is 58.7 Å². The van der Waals surface area contributed by atoms with Gasteiger partial charge in [0.2, 0.25) is 0 Å². The molecule has 0 spiro atoms. The van der Waals surface area contributed by atoms with Crippen LogP contribution in [0.5, 0.6) is 11.5 Å². The number of hydrogen-bond donors (Lipinski definition) is 0. The zero-order valence-corrected chi connectivity index (χ0v) is 28.8. The van der Waals surface area contributed by atoms with Gasteiger partial charge in [0.25, 0.3) is 0 Å². The molecular formula is C41H60O7. The number of ether oxygens (including phenoxy) is 4. The molecule has 1 aliphatic rings. The lowest BCUT2D eigenvalue weighted by Gasteiger charge is -2.29. The van der Waals surface area contributed by atoms with Crippen molar-refractivity contribution < 1.29 is 33.3 Å². The van der Waals surface area contributed by atoms with E-state index in [-0.39, 0.29) is 25.3 Å². The zero-order chi connectivity index (χ0) is 33.7. The summed E-state index contributed by atoms with van der Waals surface area (Å²) in [5.74, 6) is 1.86. The Morgan fingerprint density at radius 3 is 1.96 bits per heavy atom. The van der Waals surface area contributed by atoms with Gasteiger partial charge >= 0.3 is 17.9 Å². The molecule has 1 saturated carbocycles. The molecule has 0 heterocycles. The first-order chi connectivity index (χ1) is 22.9. The molecule has 0 saturated heterocycles. The number of benzene rings is 2. The fourth-order valence-corrected chi connectivity index (χ4v) is 5.97. The molecular weight excluding hydrogens is 604 g/mol. The number of carbonyl (C=O) groups is 3. The van der Waals surface area contributed by atoms with Crippen LogP contribution in [0.25, 0.3) is 0 Å². The maximum atomic E-state index is 12.7. The van der Waals surface area contributed by atoms with Gasteiger partial charge in [0.15, 0.2) is 0 Å². The Hall–Kier alpha value is -3.61. The van der Waals surface area contributed by atoms with Gasteiger partial charge in [-0.15, -0.1) is 0 Å². The Morgan fingerprint density at radius 1 is 0.708 bits per heavy atom. The van der Waals surface area contributed by atoms with Crippen molar-refractivity contribution in [1.29, 1.82) is 0 Å². The summed E-state index contributed by atoms with van der Waals surface area (Å²) in [6, 6.07) is 15.1. The summed E-state index contributed by atoms with van der Waals surface area (Å²) in [6.45, 7) is 8.78. The van der Waals surface area contributed by atoms with Crippen molar-refractivity contribution >= 4 is 17.9 Å². The number of unbranched alkanes of at least 4 members (excludes halogenated alkanes) is 7. The Morgan fingerprint density at radius 2 is 1.31 bits per heavy atom. The molecule has 1 fully saturated rings. The first kappa shape index (κ1) is 40.6. The molecule has 0 aliphatic heterocycles. The third kappa shape index (κ3) is 16.0. The van der Waals surface area contributed by atoms with E-state index >= 15 is 0 Å². The fraction of sp³-hybridized carbons (Fsp3) is 0.585. The average Bonchev–Trinajstić information content (AvgIpc) is 3.08. The van der Waals surface area contributed by atoms with Gasteiger partial charge in [-0.3, -0.25) is 4.79 Å². The Bertz CT molecular complexity index is 1210. The summed E-state index contributed by atoms with van der Waals surface area (Å²) in [6.07, 6.45) is 16.8. The molecule has 7 nitrogen and oxygen atoms in total. The smallest absolute Gasteiger partial charge is 0.343 e. The van der Waals surface area contributed by atoms with E-state index in [2.05, 4.69) is 25.6 Å². The van der Waals surface area contributed by atoms with Crippen LogP contribution in [0, 0.1) is 5.92 Å². The van der Waals surface area contributed by atoms with Crippen LogP contribution in [-0.4, -0.2) is 37.7 Å². The van der Waals surface area contributed by atoms with E-state index in [0.29, 0.717) is 54.8 Å². The first-order valence-corrected chi connectivity index (χ1v) is 17.9. The Kier molecular flexibility index (Phi) is 20.0. The zero-order valence-electron chi connectivity index (χ0n) is 28.8. The minimum absolute atomic E-state index is 0. The third-order valence-electron chi connectivity index (χ3n) is 8.89. The number of esters is 3. The van der Waals surface area contributed by atoms with Crippen LogP contribution in [0.1, 0.15) is 146 Å². The highest BCUT2D eigenvalue weighted by molar-refractivity contribution is 5.91. The minimum Gasteiger partial charge on any atom is -0.494 e. The van der Waals surface area contributed by atoms with Crippen molar-refractivity contribution in [2.45, 2.75) is 130 Å². The van der Waals surface area contributed by atoms with Crippen LogP contribution in [0.4, 0.5) is 0 Å². The molecule has 0 N–H and O–H groups in total. The molecule has 266 valence electrons. The van der Waals surface area contributed by atoms with Crippen molar-refractivity contribution in [2.24, 2.45) is 5.92 Å². The van der Waals surface area contributed by atoms with Gasteiger partial charge < -0.3 is 18.9 Å². The molecule has 0 unspecified atom stereocenters. The molecule has 7 heteroatoms. The van der Waals surface area contributed by atoms with Crippen LogP contribution in [0.3, 0.4) is 0 Å². The van der Waals surface area contributed by atoms with E-state index in [4.69, 9.17) is 18.9 Å². The van der Waals surface area contributed by atoms with Gasteiger partial charge in [-0.25, -0.2) is 9.59 Å². The molecule has 48 heavy (non-hydrogen) atoms. The van der Waals surface area contributed by atoms with Gasteiger partial charge in [-0.2, -0.15) is 0 Å². The summed E-state index contributed by atoms with van der Waals surface area (Å²) < 4.78 is 21.8.